The van der Waals surface area contributed by atoms with Crippen LogP contribution in [0.25, 0.3) is 0 Å². The van der Waals surface area contributed by atoms with Crippen molar-refractivity contribution in [1.82, 2.24) is 0 Å². The second-order valence-electron chi connectivity index (χ2n) is 7.53. The standard InChI is InChI=1S/C24H18ClF2N3O3/c25-16-7-5-14(6-8-16)23(32)28-20-3-1-2-4-21(20)29-24(33)15-9-22(31)30(13-15)19-11-17(26)10-18(27)12-19/h1-8,10-12,15H,9,13H2,(H,28,32)(H,29,33). The van der Waals surface area contributed by atoms with E-state index >= 15 is 0 Å². The lowest BCUT2D eigenvalue weighted by Crippen LogP contribution is -2.28. The molecule has 9 heteroatoms. The normalized spacial score (nSPS) is 15.4. The van der Waals surface area contributed by atoms with E-state index in [4.69, 9.17) is 11.6 Å². The van der Waals surface area contributed by atoms with Crippen molar-refractivity contribution in [3.8, 4) is 0 Å². The minimum atomic E-state index is -0.809. The Morgan fingerprint density at radius 1 is 0.909 bits per heavy atom. The van der Waals surface area contributed by atoms with Crippen molar-refractivity contribution in [2.45, 2.75) is 6.42 Å². The van der Waals surface area contributed by atoms with Crippen LogP contribution in [-0.4, -0.2) is 24.3 Å². The van der Waals surface area contributed by atoms with Gasteiger partial charge in [-0.05, 0) is 48.5 Å². The van der Waals surface area contributed by atoms with Gasteiger partial charge in [0.2, 0.25) is 11.8 Å². The summed E-state index contributed by atoms with van der Waals surface area (Å²) in [7, 11) is 0. The predicted molar refractivity (Wildman–Crippen MR) is 121 cm³/mol. The third-order valence-electron chi connectivity index (χ3n) is 5.19. The van der Waals surface area contributed by atoms with Gasteiger partial charge in [-0.15, -0.1) is 0 Å². The highest BCUT2D eigenvalue weighted by atomic mass is 35.5. The summed E-state index contributed by atoms with van der Waals surface area (Å²) in [5.74, 6) is -3.60. The van der Waals surface area contributed by atoms with Gasteiger partial charge in [0.15, 0.2) is 0 Å². The molecule has 3 aromatic rings. The van der Waals surface area contributed by atoms with E-state index < -0.39 is 29.4 Å². The van der Waals surface area contributed by atoms with Gasteiger partial charge in [-0.25, -0.2) is 8.78 Å². The minimum absolute atomic E-state index is 0.0210. The third-order valence-corrected chi connectivity index (χ3v) is 5.45. The molecule has 1 heterocycles. The molecule has 0 bridgehead atoms. The summed E-state index contributed by atoms with van der Waals surface area (Å²) < 4.78 is 27.1. The Hall–Kier alpha value is -3.78. The van der Waals surface area contributed by atoms with Gasteiger partial charge in [0.1, 0.15) is 11.6 Å². The van der Waals surface area contributed by atoms with E-state index in [9.17, 15) is 23.2 Å². The Bertz CT molecular complexity index is 1210. The average molecular weight is 470 g/mol. The van der Waals surface area contributed by atoms with Crippen molar-refractivity contribution in [1.29, 1.82) is 0 Å². The molecule has 0 aromatic heterocycles. The average Bonchev–Trinajstić information content (AvgIpc) is 3.17. The zero-order valence-electron chi connectivity index (χ0n) is 17.1. The number of benzene rings is 3. The highest BCUT2D eigenvalue weighted by Crippen LogP contribution is 2.29. The Kier molecular flexibility index (Phi) is 6.37. The Morgan fingerprint density at radius 3 is 2.15 bits per heavy atom. The van der Waals surface area contributed by atoms with Crippen molar-refractivity contribution >= 4 is 46.4 Å². The number of carbonyl (C=O) groups excluding carboxylic acids is 3. The van der Waals surface area contributed by atoms with Gasteiger partial charge in [0.05, 0.1) is 17.3 Å². The van der Waals surface area contributed by atoms with Gasteiger partial charge < -0.3 is 15.5 Å². The first-order chi connectivity index (χ1) is 15.8. The molecule has 1 unspecified atom stereocenters. The maximum absolute atomic E-state index is 13.5. The first-order valence-electron chi connectivity index (χ1n) is 10.0. The summed E-state index contributed by atoms with van der Waals surface area (Å²) in [6, 6.07) is 15.8. The molecule has 1 atom stereocenters. The molecule has 1 saturated heterocycles. The predicted octanol–water partition coefficient (Wildman–Crippen LogP) is 4.86. The number of hydrogen-bond acceptors (Lipinski definition) is 3. The molecular formula is C24H18ClF2N3O3. The third kappa shape index (κ3) is 5.18. The molecule has 1 aliphatic heterocycles. The number of rotatable bonds is 5. The van der Waals surface area contributed by atoms with E-state index in [2.05, 4.69) is 10.6 Å². The van der Waals surface area contributed by atoms with Crippen LogP contribution >= 0.6 is 11.6 Å². The lowest BCUT2D eigenvalue weighted by atomic mass is 10.1. The number of hydrogen-bond donors (Lipinski definition) is 2. The van der Waals surface area contributed by atoms with Crippen molar-refractivity contribution in [2.24, 2.45) is 5.92 Å². The van der Waals surface area contributed by atoms with Crippen LogP contribution in [0.5, 0.6) is 0 Å². The zero-order chi connectivity index (χ0) is 23.5. The smallest absolute Gasteiger partial charge is 0.255 e. The fraction of sp³-hybridized carbons (Fsp3) is 0.125. The van der Waals surface area contributed by atoms with Crippen LogP contribution < -0.4 is 15.5 Å². The Balaban J connectivity index is 1.46. The molecule has 3 aromatic carbocycles. The van der Waals surface area contributed by atoms with Crippen LogP contribution in [0.3, 0.4) is 0 Å². The second kappa shape index (κ2) is 9.38. The first-order valence-corrected chi connectivity index (χ1v) is 10.4. The van der Waals surface area contributed by atoms with Crippen LogP contribution in [0.2, 0.25) is 5.02 Å². The molecule has 0 spiro atoms. The molecule has 1 aliphatic rings. The van der Waals surface area contributed by atoms with E-state index in [1.54, 1.807) is 48.5 Å². The summed E-state index contributed by atoms with van der Waals surface area (Å²) in [6.07, 6.45) is -0.108. The summed E-state index contributed by atoms with van der Waals surface area (Å²) in [5, 5.41) is 5.97. The van der Waals surface area contributed by atoms with Gasteiger partial charge in [-0.1, -0.05) is 23.7 Å². The highest BCUT2D eigenvalue weighted by Gasteiger charge is 2.35. The van der Waals surface area contributed by atoms with Gasteiger partial charge >= 0.3 is 0 Å². The molecule has 4 rings (SSSR count). The number of halogens is 3. The molecule has 1 fully saturated rings. The van der Waals surface area contributed by atoms with Gasteiger partial charge in [0.25, 0.3) is 5.91 Å². The molecule has 0 aliphatic carbocycles. The lowest BCUT2D eigenvalue weighted by Gasteiger charge is -2.17. The number of anilines is 3. The quantitative estimate of drug-likeness (QED) is 0.560. The number of para-hydroxylation sites is 2. The van der Waals surface area contributed by atoms with E-state index in [1.807, 2.05) is 0 Å². The van der Waals surface area contributed by atoms with Crippen LogP contribution in [0.1, 0.15) is 16.8 Å². The van der Waals surface area contributed by atoms with Crippen molar-refractivity contribution < 1.29 is 23.2 Å². The maximum atomic E-state index is 13.5. The summed E-state index contributed by atoms with van der Waals surface area (Å²) in [4.78, 5) is 39.0. The molecule has 168 valence electrons. The SMILES string of the molecule is O=C(Nc1ccccc1NC(=O)C1CC(=O)N(c2cc(F)cc(F)c2)C1)c1ccc(Cl)cc1. The Morgan fingerprint density at radius 2 is 1.52 bits per heavy atom. The van der Waals surface area contributed by atoms with Gasteiger partial charge in [-0.3, -0.25) is 14.4 Å². The zero-order valence-corrected chi connectivity index (χ0v) is 17.9. The van der Waals surface area contributed by atoms with Crippen LogP contribution in [0.4, 0.5) is 25.8 Å². The number of carbonyl (C=O) groups is 3. The van der Waals surface area contributed by atoms with Crippen molar-refractivity contribution in [3.63, 3.8) is 0 Å². The van der Waals surface area contributed by atoms with Gasteiger partial charge in [0, 0.05) is 35.3 Å². The summed E-state index contributed by atoms with van der Waals surface area (Å²) >= 11 is 5.85. The van der Waals surface area contributed by atoms with Crippen molar-refractivity contribution in [3.05, 3.63) is 89.0 Å². The van der Waals surface area contributed by atoms with E-state index in [0.29, 0.717) is 28.0 Å². The van der Waals surface area contributed by atoms with Crippen LogP contribution in [0, 0.1) is 17.6 Å². The summed E-state index contributed by atoms with van der Waals surface area (Å²) in [6.45, 7) is -0.0210. The molecule has 0 radical (unpaired) electrons. The highest BCUT2D eigenvalue weighted by molar-refractivity contribution is 6.30. The molecule has 2 N–H and O–H groups in total. The summed E-state index contributed by atoms with van der Waals surface area (Å²) in [5.41, 5.74) is 1.18. The molecule has 3 amide bonds. The van der Waals surface area contributed by atoms with E-state index in [1.165, 1.54) is 4.90 Å². The fourth-order valence-electron chi connectivity index (χ4n) is 3.56. The number of nitrogens with zero attached hydrogens (tertiary/aromatic N) is 1. The van der Waals surface area contributed by atoms with Crippen molar-refractivity contribution in [2.75, 3.05) is 22.1 Å². The Labute approximate surface area is 193 Å². The lowest BCUT2D eigenvalue weighted by molar-refractivity contribution is -0.122. The molecule has 6 nitrogen and oxygen atoms in total. The van der Waals surface area contributed by atoms with E-state index in [0.717, 1.165) is 12.1 Å². The fourth-order valence-corrected chi connectivity index (χ4v) is 3.69. The largest absolute Gasteiger partial charge is 0.324 e. The number of nitrogens with one attached hydrogen (secondary N) is 2. The number of amides is 3. The molecule has 33 heavy (non-hydrogen) atoms. The topological polar surface area (TPSA) is 78.5 Å². The monoisotopic (exact) mass is 469 g/mol. The maximum Gasteiger partial charge on any atom is 0.255 e. The van der Waals surface area contributed by atoms with Gasteiger partial charge in [-0.2, -0.15) is 0 Å². The molecular weight excluding hydrogens is 452 g/mol. The second-order valence-corrected chi connectivity index (χ2v) is 7.97. The van der Waals surface area contributed by atoms with Crippen LogP contribution in [-0.2, 0) is 9.59 Å². The minimum Gasteiger partial charge on any atom is -0.324 e. The first kappa shape index (κ1) is 22.4. The van der Waals surface area contributed by atoms with E-state index in [-0.39, 0.29) is 24.6 Å². The van der Waals surface area contributed by atoms with Crippen LogP contribution in [0.15, 0.2) is 66.7 Å². The molecule has 0 saturated carbocycles.